The van der Waals surface area contributed by atoms with Gasteiger partial charge in [-0.1, -0.05) is 15.9 Å². The molecule has 0 amide bonds. The second-order valence-electron chi connectivity index (χ2n) is 5.91. The van der Waals surface area contributed by atoms with Crippen molar-refractivity contribution in [1.82, 2.24) is 9.55 Å². The van der Waals surface area contributed by atoms with E-state index in [2.05, 4.69) is 39.3 Å². The van der Waals surface area contributed by atoms with Crippen molar-refractivity contribution in [2.24, 2.45) is 5.73 Å². The lowest BCUT2D eigenvalue weighted by Crippen LogP contribution is -2.35. The minimum absolute atomic E-state index is 0.205. The Hall–Kier alpha value is -0.940. The van der Waals surface area contributed by atoms with E-state index in [-0.39, 0.29) is 17.4 Å². The highest BCUT2D eigenvalue weighted by Crippen LogP contribution is 2.28. The Labute approximate surface area is 121 Å². The van der Waals surface area contributed by atoms with Gasteiger partial charge in [-0.3, -0.25) is 0 Å². The molecule has 1 aromatic carbocycles. The highest BCUT2D eigenvalue weighted by atomic mass is 79.9. The molecule has 104 valence electrons. The van der Waals surface area contributed by atoms with E-state index in [1.807, 2.05) is 19.9 Å². The van der Waals surface area contributed by atoms with Crippen LogP contribution in [0.4, 0.5) is 4.39 Å². The lowest BCUT2D eigenvalue weighted by atomic mass is 10.0. The molecule has 0 atom stereocenters. The number of rotatable bonds is 3. The van der Waals surface area contributed by atoms with E-state index in [4.69, 9.17) is 5.73 Å². The molecule has 0 radical (unpaired) electrons. The number of halogens is 2. The molecule has 3 nitrogen and oxygen atoms in total. The summed E-state index contributed by atoms with van der Waals surface area (Å²) in [7, 11) is 0. The SMILES string of the molecule is CC(C)n1c(CC(C)(C)N)nc2c(F)cc(Br)cc21. The number of fused-ring (bicyclic) bond motifs is 1. The predicted octanol–water partition coefficient (Wildman–Crippen LogP) is 3.80. The van der Waals surface area contributed by atoms with E-state index in [0.29, 0.717) is 11.9 Å². The van der Waals surface area contributed by atoms with Crippen LogP contribution >= 0.6 is 15.9 Å². The first-order valence-electron chi connectivity index (χ1n) is 6.34. The average Bonchev–Trinajstić information content (AvgIpc) is 2.53. The third kappa shape index (κ3) is 2.98. The van der Waals surface area contributed by atoms with Crippen LogP contribution in [0.3, 0.4) is 0 Å². The molecule has 1 heterocycles. The van der Waals surface area contributed by atoms with Crippen LogP contribution in [-0.2, 0) is 6.42 Å². The van der Waals surface area contributed by atoms with Crippen molar-refractivity contribution < 1.29 is 4.39 Å². The van der Waals surface area contributed by atoms with Crippen LogP contribution in [-0.4, -0.2) is 15.1 Å². The summed E-state index contributed by atoms with van der Waals surface area (Å²) in [5.41, 5.74) is 6.92. The Bertz CT molecular complexity index is 611. The van der Waals surface area contributed by atoms with Gasteiger partial charge in [0.2, 0.25) is 0 Å². The predicted molar refractivity (Wildman–Crippen MR) is 79.7 cm³/mol. The van der Waals surface area contributed by atoms with Gasteiger partial charge in [-0.2, -0.15) is 0 Å². The average molecular weight is 328 g/mol. The van der Waals surface area contributed by atoms with Crippen LogP contribution < -0.4 is 5.73 Å². The standard InChI is InChI=1S/C14H19BrFN3/c1-8(2)19-11-6-9(15)5-10(16)13(11)18-12(19)7-14(3,4)17/h5-6,8H,7,17H2,1-4H3. The van der Waals surface area contributed by atoms with Gasteiger partial charge in [-0.15, -0.1) is 0 Å². The number of hydrogen-bond acceptors (Lipinski definition) is 2. The number of imidazole rings is 1. The summed E-state index contributed by atoms with van der Waals surface area (Å²) in [6.07, 6.45) is 0.608. The number of hydrogen-bond donors (Lipinski definition) is 1. The van der Waals surface area contributed by atoms with Gasteiger partial charge in [0.1, 0.15) is 11.3 Å². The van der Waals surface area contributed by atoms with Crippen molar-refractivity contribution >= 4 is 27.0 Å². The topological polar surface area (TPSA) is 43.8 Å². The number of nitrogens with zero attached hydrogens (tertiary/aromatic N) is 2. The molecule has 2 rings (SSSR count). The van der Waals surface area contributed by atoms with E-state index in [1.165, 1.54) is 6.07 Å². The molecule has 0 aliphatic carbocycles. The van der Waals surface area contributed by atoms with E-state index in [9.17, 15) is 4.39 Å². The Morgan fingerprint density at radius 2 is 2.05 bits per heavy atom. The number of aromatic nitrogens is 2. The third-order valence-electron chi connectivity index (χ3n) is 2.92. The zero-order valence-corrected chi connectivity index (χ0v) is 13.3. The zero-order valence-electron chi connectivity index (χ0n) is 11.7. The van der Waals surface area contributed by atoms with Crippen molar-refractivity contribution in [2.45, 2.75) is 45.7 Å². The lowest BCUT2D eigenvalue weighted by Gasteiger charge is -2.20. The number of benzene rings is 1. The zero-order chi connectivity index (χ0) is 14.4. The molecule has 0 saturated heterocycles. The van der Waals surface area contributed by atoms with Gasteiger partial charge in [-0.25, -0.2) is 9.37 Å². The maximum absolute atomic E-state index is 14.0. The second kappa shape index (κ2) is 4.87. The van der Waals surface area contributed by atoms with Crippen molar-refractivity contribution in [1.29, 1.82) is 0 Å². The largest absolute Gasteiger partial charge is 0.325 e. The summed E-state index contributed by atoms with van der Waals surface area (Å²) in [5, 5.41) is 0. The molecule has 2 N–H and O–H groups in total. The van der Waals surface area contributed by atoms with Gasteiger partial charge in [0.25, 0.3) is 0 Å². The summed E-state index contributed by atoms with van der Waals surface area (Å²) < 4.78 is 16.8. The fraction of sp³-hybridized carbons (Fsp3) is 0.500. The quantitative estimate of drug-likeness (QED) is 0.931. The van der Waals surface area contributed by atoms with E-state index in [1.54, 1.807) is 0 Å². The lowest BCUT2D eigenvalue weighted by molar-refractivity contribution is 0.475. The maximum atomic E-state index is 14.0. The van der Waals surface area contributed by atoms with Gasteiger partial charge in [0.05, 0.1) is 5.52 Å². The smallest absolute Gasteiger partial charge is 0.152 e. The number of nitrogens with two attached hydrogens (primary N) is 1. The first kappa shape index (κ1) is 14.5. The Morgan fingerprint density at radius 1 is 1.42 bits per heavy atom. The molecule has 0 aliphatic rings. The fourth-order valence-corrected chi connectivity index (χ4v) is 2.69. The molecule has 1 aromatic heterocycles. The minimum Gasteiger partial charge on any atom is -0.325 e. The molecule has 19 heavy (non-hydrogen) atoms. The fourth-order valence-electron chi connectivity index (χ4n) is 2.28. The summed E-state index contributed by atoms with van der Waals surface area (Å²) in [6, 6.07) is 3.55. The first-order valence-corrected chi connectivity index (χ1v) is 7.13. The maximum Gasteiger partial charge on any atom is 0.152 e. The highest BCUT2D eigenvalue weighted by molar-refractivity contribution is 9.10. The highest BCUT2D eigenvalue weighted by Gasteiger charge is 2.21. The second-order valence-corrected chi connectivity index (χ2v) is 6.83. The molecular formula is C14H19BrFN3. The van der Waals surface area contributed by atoms with E-state index in [0.717, 1.165) is 15.8 Å². The van der Waals surface area contributed by atoms with Gasteiger partial charge >= 0.3 is 0 Å². The van der Waals surface area contributed by atoms with E-state index >= 15 is 0 Å². The van der Waals surface area contributed by atoms with Gasteiger partial charge in [0.15, 0.2) is 5.82 Å². The molecule has 5 heteroatoms. The normalized spacial score (nSPS) is 12.6. The van der Waals surface area contributed by atoms with Crippen molar-refractivity contribution in [3.63, 3.8) is 0 Å². The summed E-state index contributed by atoms with van der Waals surface area (Å²) in [6.45, 7) is 8.02. The summed E-state index contributed by atoms with van der Waals surface area (Å²) >= 11 is 3.33. The van der Waals surface area contributed by atoms with Gasteiger partial charge in [0, 0.05) is 22.5 Å². The molecule has 0 aliphatic heterocycles. The van der Waals surface area contributed by atoms with Gasteiger partial charge < -0.3 is 10.3 Å². The summed E-state index contributed by atoms with van der Waals surface area (Å²) in [5.74, 6) is 0.523. The Kier molecular flexibility index (Phi) is 3.71. The van der Waals surface area contributed by atoms with Crippen LogP contribution in [0.15, 0.2) is 16.6 Å². The van der Waals surface area contributed by atoms with Crippen LogP contribution in [0, 0.1) is 5.82 Å². The van der Waals surface area contributed by atoms with Crippen molar-refractivity contribution in [3.8, 4) is 0 Å². The Balaban J connectivity index is 2.70. The molecule has 0 saturated carbocycles. The molecule has 0 spiro atoms. The van der Waals surface area contributed by atoms with Crippen LogP contribution in [0.2, 0.25) is 0 Å². The molecule has 0 bridgehead atoms. The molecule has 0 unspecified atom stereocenters. The van der Waals surface area contributed by atoms with Crippen molar-refractivity contribution in [2.75, 3.05) is 0 Å². The van der Waals surface area contributed by atoms with Crippen molar-refractivity contribution in [3.05, 3.63) is 28.2 Å². The van der Waals surface area contributed by atoms with E-state index < -0.39 is 0 Å². The first-order chi connectivity index (χ1) is 8.69. The monoisotopic (exact) mass is 327 g/mol. The molecular weight excluding hydrogens is 309 g/mol. The van der Waals surface area contributed by atoms with Crippen LogP contribution in [0.5, 0.6) is 0 Å². The van der Waals surface area contributed by atoms with Gasteiger partial charge in [-0.05, 0) is 39.8 Å². The molecule has 2 aromatic rings. The van der Waals surface area contributed by atoms with Crippen LogP contribution in [0.1, 0.15) is 39.6 Å². The Morgan fingerprint density at radius 3 is 2.58 bits per heavy atom. The molecule has 0 fully saturated rings. The summed E-state index contributed by atoms with van der Waals surface area (Å²) in [4.78, 5) is 4.45. The third-order valence-corrected chi connectivity index (χ3v) is 3.37. The van der Waals surface area contributed by atoms with Crippen LogP contribution in [0.25, 0.3) is 11.0 Å². The minimum atomic E-state index is -0.373.